The summed E-state index contributed by atoms with van der Waals surface area (Å²) in [5.74, 6) is -0.936. The van der Waals surface area contributed by atoms with Crippen molar-refractivity contribution in [1.29, 1.82) is 0 Å². The molecule has 3 aromatic rings. The lowest BCUT2D eigenvalue weighted by atomic mass is 10.1. The Morgan fingerprint density at radius 2 is 1.91 bits per heavy atom. The third-order valence-electron chi connectivity index (χ3n) is 6.07. The summed E-state index contributed by atoms with van der Waals surface area (Å²) in [4.78, 5) is 10.9. The maximum Gasteiger partial charge on any atom is 0.276 e. The molecule has 1 saturated heterocycles. The zero-order valence-corrected chi connectivity index (χ0v) is 19.9. The molecule has 0 spiro atoms. The highest BCUT2D eigenvalue weighted by Gasteiger charge is 2.54. The van der Waals surface area contributed by atoms with E-state index in [1.807, 2.05) is 37.6 Å². The minimum atomic E-state index is -3.76. The quantitative estimate of drug-likeness (QED) is 0.334. The summed E-state index contributed by atoms with van der Waals surface area (Å²) in [5, 5.41) is 5.22. The maximum atomic E-state index is 12.6. The minimum Gasteiger partial charge on any atom is -0.344 e. The summed E-state index contributed by atoms with van der Waals surface area (Å²) in [6.07, 6.45) is 5.04. The van der Waals surface area contributed by atoms with Gasteiger partial charge < -0.3 is 14.0 Å². The summed E-state index contributed by atoms with van der Waals surface area (Å²) in [6.45, 7) is 5.63. The van der Waals surface area contributed by atoms with Crippen molar-refractivity contribution < 1.29 is 17.9 Å². The molecule has 0 radical (unpaired) electrons. The van der Waals surface area contributed by atoms with Gasteiger partial charge >= 0.3 is 0 Å². The van der Waals surface area contributed by atoms with Crippen LogP contribution in [0.15, 0.2) is 52.9 Å². The molecule has 1 aliphatic heterocycles. The van der Waals surface area contributed by atoms with Crippen molar-refractivity contribution in [3.63, 3.8) is 0 Å². The number of hydrogen-bond donors (Lipinski definition) is 1. The highest BCUT2D eigenvalue weighted by Crippen LogP contribution is 2.47. The maximum absolute atomic E-state index is 12.6. The van der Waals surface area contributed by atoms with E-state index in [0.717, 1.165) is 10.9 Å². The lowest BCUT2D eigenvalue weighted by Gasteiger charge is -2.23. The smallest absolute Gasteiger partial charge is 0.276 e. The number of rotatable bonds is 5. The molecule has 2 fully saturated rings. The van der Waals surface area contributed by atoms with Gasteiger partial charge in [0.05, 0.1) is 22.4 Å². The Balaban J connectivity index is 1.40. The molecule has 0 bridgehead atoms. The van der Waals surface area contributed by atoms with Gasteiger partial charge in [0.1, 0.15) is 23.2 Å². The largest absolute Gasteiger partial charge is 0.344 e. The molecule has 4 atom stereocenters. The Morgan fingerprint density at radius 3 is 2.67 bits per heavy atom. The number of aromatic nitrogens is 3. The number of halogens is 1. The van der Waals surface area contributed by atoms with E-state index in [-0.39, 0.29) is 29.1 Å². The van der Waals surface area contributed by atoms with Crippen LogP contribution in [0.5, 0.6) is 0 Å². The Bertz CT molecular complexity index is 1320. The predicted octanol–water partition coefficient (Wildman–Crippen LogP) is 3.44. The van der Waals surface area contributed by atoms with E-state index < -0.39 is 15.8 Å². The number of aryl methyl sites for hydroxylation is 1. The fourth-order valence-electron chi connectivity index (χ4n) is 4.58. The minimum absolute atomic E-state index is 0.0922. The van der Waals surface area contributed by atoms with Crippen LogP contribution in [0.2, 0.25) is 5.15 Å². The molecule has 1 N–H and O–H groups in total. The number of hydrazone groups is 1. The van der Waals surface area contributed by atoms with E-state index in [1.165, 1.54) is 6.33 Å². The molecule has 2 aromatic heterocycles. The van der Waals surface area contributed by atoms with Crippen molar-refractivity contribution in [2.24, 2.45) is 11.0 Å². The first-order valence-corrected chi connectivity index (χ1v) is 12.4. The Morgan fingerprint density at radius 1 is 1.18 bits per heavy atom. The van der Waals surface area contributed by atoms with Crippen molar-refractivity contribution in [2.75, 3.05) is 0 Å². The van der Waals surface area contributed by atoms with E-state index in [1.54, 1.807) is 30.5 Å². The second-order valence-corrected chi connectivity index (χ2v) is 10.9. The van der Waals surface area contributed by atoms with Crippen LogP contribution < -0.4 is 4.83 Å². The van der Waals surface area contributed by atoms with Crippen molar-refractivity contribution in [2.45, 2.75) is 56.1 Å². The zero-order valence-electron chi connectivity index (χ0n) is 18.3. The molecule has 0 unspecified atom stereocenters. The summed E-state index contributed by atoms with van der Waals surface area (Å²) in [7, 11) is -3.76. The first-order chi connectivity index (χ1) is 15.6. The molecule has 3 heterocycles. The molecule has 174 valence electrons. The van der Waals surface area contributed by atoms with E-state index >= 15 is 0 Å². The van der Waals surface area contributed by atoms with Crippen LogP contribution in [0.4, 0.5) is 0 Å². The lowest BCUT2D eigenvalue weighted by molar-refractivity contribution is -0.157. The number of hydrogen-bond acceptors (Lipinski definition) is 7. The summed E-state index contributed by atoms with van der Waals surface area (Å²) < 4.78 is 39.5. The second kappa shape index (κ2) is 8.05. The molecule has 33 heavy (non-hydrogen) atoms. The van der Waals surface area contributed by atoms with Gasteiger partial charge in [0.2, 0.25) is 0 Å². The van der Waals surface area contributed by atoms with Crippen LogP contribution in [0.3, 0.4) is 0 Å². The predicted molar refractivity (Wildman–Crippen MR) is 123 cm³/mol. The molecule has 1 aliphatic carbocycles. The number of nitrogens with one attached hydrogen (secondary N) is 1. The van der Waals surface area contributed by atoms with Gasteiger partial charge in [-0.1, -0.05) is 29.3 Å². The van der Waals surface area contributed by atoms with Crippen molar-refractivity contribution in [3.8, 4) is 0 Å². The average Bonchev–Trinajstić information content (AvgIpc) is 3.40. The summed E-state index contributed by atoms with van der Waals surface area (Å²) in [6, 6.07) is 8.38. The molecular weight excluding hydrogens is 466 g/mol. The van der Waals surface area contributed by atoms with Gasteiger partial charge in [0, 0.05) is 18.3 Å². The first-order valence-electron chi connectivity index (χ1n) is 10.6. The number of nitrogens with zero attached hydrogens (tertiary/aromatic N) is 4. The van der Waals surface area contributed by atoms with Gasteiger partial charge in [-0.25, -0.2) is 14.8 Å². The van der Waals surface area contributed by atoms with E-state index in [2.05, 4.69) is 19.9 Å². The topological polar surface area (TPSA) is 108 Å². The van der Waals surface area contributed by atoms with Crippen LogP contribution in [0.25, 0.3) is 11.0 Å². The van der Waals surface area contributed by atoms with Gasteiger partial charge in [-0.2, -0.15) is 13.5 Å². The van der Waals surface area contributed by atoms with E-state index in [9.17, 15) is 8.42 Å². The van der Waals surface area contributed by atoms with Crippen LogP contribution in [-0.2, 0) is 19.5 Å². The van der Waals surface area contributed by atoms with Crippen molar-refractivity contribution in [3.05, 3.63) is 53.6 Å². The number of benzene rings is 1. The molecule has 5 rings (SSSR count). The normalized spacial score (nSPS) is 26.8. The fourth-order valence-corrected chi connectivity index (χ4v) is 5.57. The SMILES string of the molecule is Cc1ccc(S(=O)(=O)N/N=C/[C@H]2C[C@@H](n3ccc4c(Cl)ncnc43)[C@@H]3OC(C)(C)O[C@@H]32)cc1. The zero-order chi connectivity index (χ0) is 23.4. The van der Waals surface area contributed by atoms with Gasteiger partial charge in [-0.05, 0) is 45.4 Å². The van der Waals surface area contributed by atoms with Crippen LogP contribution >= 0.6 is 11.6 Å². The molecule has 0 amide bonds. The Hall–Kier alpha value is -2.53. The number of sulfonamides is 1. The van der Waals surface area contributed by atoms with Crippen LogP contribution in [0, 0.1) is 12.8 Å². The Kier molecular flexibility index (Phi) is 5.43. The van der Waals surface area contributed by atoms with Crippen molar-refractivity contribution >= 4 is 38.9 Å². The number of fused-ring (bicyclic) bond motifs is 2. The second-order valence-electron chi connectivity index (χ2n) is 8.84. The third kappa shape index (κ3) is 4.12. The molecule has 2 aliphatic rings. The molecule has 1 saturated carbocycles. The van der Waals surface area contributed by atoms with E-state index in [0.29, 0.717) is 17.2 Å². The molecule has 11 heteroatoms. The van der Waals surface area contributed by atoms with Gasteiger partial charge in [-0.3, -0.25) is 0 Å². The monoisotopic (exact) mass is 489 g/mol. The summed E-state index contributed by atoms with van der Waals surface area (Å²) >= 11 is 6.23. The van der Waals surface area contributed by atoms with E-state index in [4.69, 9.17) is 21.1 Å². The van der Waals surface area contributed by atoms with Gasteiger partial charge in [-0.15, -0.1) is 0 Å². The lowest BCUT2D eigenvalue weighted by Crippen LogP contribution is -2.27. The van der Waals surface area contributed by atoms with Gasteiger partial charge in [0.15, 0.2) is 5.79 Å². The standard InChI is InChI=1S/C22H24ClN5O4S/c1-13-4-6-15(7-5-13)33(29,30)27-26-11-14-10-17(19-18(14)31-22(2,3)32-19)28-9-8-16-20(23)24-12-25-21(16)28/h4-9,11-12,14,17-19,27H,10H2,1-3H3/b26-11+/t14-,17-,18-,19+/m1/s1. The summed E-state index contributed by atoms with van der Waals surface area (Å²) in [5.41, 5.74) is 1.69. The fraction of sp³-hybridized carbons (Fsp3) is 0.409. The first kappa shape index (κ1) is 22.3. The van der Waals surface area contributed by atoms with Gasteiger partial charge in [0.25, 0.3) is 10.0 Å². The molecule has 1 aromatic carbocycles. The molecular formula is C22H24ClN5O4S. The third-order valence-corrected chi connectivity index (χ3v) is 7.61. The highest BCUT2D eigenvalue weighted by atomic mass is 35.5. The Labute approximate surface area is 196 Å². The molecule has 9 nitrogen and oxygen atoms in total. The van der Waals surface area contributed by atoms with Crippen molar-refractivity contribution in [1.82, 2.24) is 19.4 Å². The van der Waals surface area contributed by atoms with Crippen LogP contribution in [-0.4, -0.2) is 47.2 Å². The average molecular weight is 490 g/mol. The van der Waals surface area contributed by atoms with Crippen LogP contribution in [0.1, 0.15) is 31.9 Å². The number of ether oxygens (including phenoxy) is 2. The highest BCUT2D eigenvalue weighted by molar-refractivity contribution is 7.89.